The van der Waals surface area contributed by atoms with Crippen LogP contribution in [-0.2, 0) is 9.53 Å². The Morgan fingerprint density at radius 3 is 2.40 bits per heavy atom. The van der Waals surface area contributed by atoms with Crippen LogP contribution in [0.4, 0.5) is 10.5 Å². The van der Waals surface area contributed by atoms with Gasteiger partial charge in [0, 0.05) is 5.02 Å². The Kier molecular flexibility index (Phi) is 7.55. The third-order valence-electron chi connectivity index (χ3n) is 3.13. The van der Waals surface area contributed by atoms with Gasteiger partial charge in [0.1, 0.15) is 17.4 Å². The lowest BCUT2D eigenvalue weighted by Crippen LogP contribution is -2.46. The first kappa shape index (κ1) is 21.1. The van der Waals surface area contributed by atoms with Crippen molar-refractivity contribution in [3.05, 3.63) is 23.2 Å². The normalized spacial score (nSPS) is 12.5. The molecule has 0 heterocycles. The number of alkyl carbamates (subject to hydrolysis) is 1. The van der Waals surface area contributed by atoms with E-state index in [1.807, 2.05) is 13.8 Å². The summed E-state index contributed by atoms with van der Waals surface area (Å²) >= 11 is 5.98. The molecule has 0 fully saturated rings. The number of ether oxygens (including phenoxy) is 2. The molecule has 1 atom stereocenters. The minimum Gasteiger partial charge on any atom is -0.495 e. The molecule has 1 aromatic carbocycles. The Labute approximate surface area is 154 Å². The molecule has 25 heavy (non-hydrogen) atoms. The van der Waals surface area contributed by atoms with E-state index in [9.17, 15) is 9.59 Å². The second-order valence-corrected chi connectivity index (χ2v) is 7.60. The van der Waals surface area contributed by atoms with Crippen LogP contribution in [0.25, 0.3) is 0 Å². The standard InChI is InChI=1S/C18H27ClN2O4/c1-11(2)9-14(21-17(23)25-18(3,4)5)16(22)20-13-10-12(19)7-8-15(13)24-6/h7-8,10-11,14H,9H2,1-6H3,(H,20,22)(H,21,23). The monoisotopic (exact) mass is 370 g/mol. The van der Waals surface area contributed by atoms with Crippen molar-refractivity contribution in [1.29, 1.82) is 0 Å². The predicted octanol–water partition coefficient (Wildman–Crippen LogP) is 4.23. The molecule has 140 valence electrons. The van der Waals surface area contributed by atoms with Crippen molar-refractivity contribution in [3.8, 4) is 5.75 Å². The summed E-state index contributed by atoms with van der Waals surface area (Å²) in [5.74, 6) is 0.324. The Bertz CT molecular complexity index is 612. The van der Waals surface area contributed by atoms with Crippen LogP contribution in [0.3, 0.4) is 0 Å². The van der Waals surface area contributed by atoms with Gasteiger partial charge in [-0.25, -0.2) is 4.79 Å². The van der Waals surface area contributed by atoms with Gasteiger partial charge in [-0.2, -0.15) is 0 Å². The van der Waals surface area contributed by atoms with Crippen LogP contribution in [0.1, 0.15) is 41.0 Å². The Balaban J connectivity index is 2.90. The molecule has 1 aromatic rings. The molecule has 0 aromatic heterocycles. The molecule has 0 aliphatic heterocycles. The highest BCUT2D eigenvalue weighted by molar-refractivity contribution is 6.31. The third kappa shape index (κ3) is 7.65. The van der Waals surface area contributed by atoms with Gasteiger partial charge in [0.05, 0.1) is 12.8 Å². The zero-order valence-corrected chi connectivity index (χ0v) is 16.4. The second-order valence-electron chi connectivity index (χ2n) is 7.16. The van der Waals surface area contributed by atoms with Crippen LogP contribution in [-0.4, -0.2) is 30.8 Å². The van der Waals surface area contributed by atoms with Gasteiger partial charge in [-0.15, -0.1) is 0 Å². The van der Waals surface area contributed by atoms with Crippen LogP contribution < -0.4 is 15.4 Å². The summed E-state index contributed by atoms with van der Waals surface area (Å²) in [6.45, 7) is 9.23. The molecule has 7 heteroatoms. The summed E-state index contributed by atoms with van der Waals surface area (Å²) < 4.78 is 10.5. The maximum absolute atomic E-state index is 12.6. The van der Waals surface area contributed by atoms with Crippen molar-refractivity contribution in [1.82, 2.24) is 5.32 Å². The molecule has 1 rings (SSSR count). The fourth-order valence-corrected chi connectivity index (χ4v) is 2.32. The molecule has 0 bridgehead atoms. The van der Waals surface area contributed by atoms with Crippen molar-refractivity contribution < 1.29 is 19.1 Å². The van der Waals surface area contributed by atoms with Crippen molar-refractivity contribution >= 4 is 29.3 Å². The molecular weight excluding hydrogens is 344 g/mol. The van der Waals surface area contributed by atoms with Gasteiger partial charge in [0.2, 0.25) is 5.91 Å². The van der Waals surface area contributed by atoms with Crippen molar-refractivity contribution in [2.24, 2.45) is 5.92 Å². The first-order valence-electron chi connectivity index (χ1n) is 8.15. The van der Waals surface area contributed by atoms with E-state index in [1.165, 1.54) is 7.11 Å². The smallest absolute Gasteiger partial charge is 0.408 e. The molecule has 2 N–H and O–H groups in total. The topological polar surface area (TPSA) is 76.7 Å². The van der Waals surface area contributed by atoms with E-state index in [2.05, 4.69) is 10.6 Å². The first-order chi connectivity index (χ1) is 11.5. The molecule has 6 nitrogen and oxygen atoms in total. The zero-order valence-electron chi connectivity index (χ0n) is 15.6. The summed E-state index contributed by atoms with van der Waals surface area (Å²) in [5.41, 5.74) is -0.196. The van der Waals surface area contributed by atoms with Crippen LogP contribution in [0.15, 0.2) is 18.2 Å². The molecule has 0 radical (unpaired) electrons. The fraction of sp³-hybridized carbons (Fsp3) is 0.556. The van der Waals surface area contributed by atoms with Gasteiger partial charge in [0.15, 0.2) is 0 Å². The quantitative estimate of drug-likeness (QED) is 0.785. The number of rotatable bonds is 6. The number of hydrogen-bond donors (Lipinski definition) is 2. The number of anilines is 1. The highest BCUT2D eigenvalue weighted by atomic mass is 35.5. The lowest BCUT2D eigenvalue weighted by atomic mass is 10.0. The van der Waals surface area contributed by atoms with Gasteiger partial charge in [-0.1, -0.05) is 25.4 Å². The van der Waals surface area contributed by atoms with E-state index in [0.717, 1.165) is 0 Å². The number of carbonyl (C=O) groups excluding carboxylic acids is 2. The molecular formula is C18H27ClN2O4. The summed E-state index contributed by atoms with van der Waals surface area (Å²) in [4.78, 5) is 24.7. The number of methoxy groups -OCH3 is 1. The average Bonchev–Trinajstić information content (AvgIpc) is 2.44. The summed E-state index contributed by atoms with van der Waals surface area (Å²) in [6, 6.07) is 4.19. The fourth-order valence-electron chi connectivity index (χ4n) is 2.15. The van der Waals surface area contributed by atoms with E-state index in [0.29, 0.717) is 22.9 Å². The summed E-state index contributed by atoms with van der Waals surface area (Å²) in [6.07, 6.45) is -0.167. The minimum atomic E-state index is -0.737. The van der Waals surface area contributed by atoms with E-state index in [4.69, 9.17) is 21.1 Å². The zero-order chi connectivity index (χ0) is 19.2. The highest BCUT2D eigenvalue weighted by Crippen LogP contribution is 2.28. The molecule has 0 saturated heterocycles. The number of amides is 2. The van der Waals surface area contributed by atoms with Gasteiger partial charge >= 0.3 is 6.09 Å². The Morgan fingerprint density at radius 2 is 1.88 bits per heavy atom. The van der Waals surface area contributed by atoms with E-state index < -0.39 is 17.7 Å². The molecule has 0 spiro atoms. The maximum atomic E-state index is 12.6. The van der Waals surface area contributed by atoms with Gasteiger partial charge in [0.25, 0.3) is 0 Å². The van der Waals surface area contributed by atoms with Gasteiger partial charge < -0.3 is 20.1 Å². The molecule has 1 unspecified atom stereocenters. The molecule has 2 amide bonds. The van der Waals surface area contributed by atoms with E-state index in [-0.39, 0.29) is 11.8 Å². The second kappa shape index (κ2) is 8.94. The van der Waals surface area contributed by atoms with Crippen molar-refractivity contribution in [2.75, 3.05) is 12.4 Å². The van der Waals surface area contributed by atoms with Crippen LogP contribution in [0.5, 0.6) is 5.75 Å². The first-order valence-corrected chi connectivity index (χ1v) is 8.53. The highest BCUT2D eigenvalue weighted by Gasteiger charge is 2.25. The predicted molar refractivity (Wildman–Crippen MR) is 99.2 cm³/mol. The number of carbonyl (C=O) groups is 2. The lowest BCUT2D eigenvalue weighted by Gasteiger charge is -2.24. The maximum Gasteiger partial charge on any atom is 0.408 e. The van der Waals surface area contributed by atoms with E-state index in [1.54, 1.807) is 39.0 Å². The summed E-state index contributed by atoms with van der Waals surface area (Å²) in [5, 5.41) is 5.86. The molecule has 0 aliphatic carbocycles. The van der Waals surface area contributed by atoms with E-state index >= 15 is 0 Å². The van der Waals surface area contributed by atoms with Gasteiger partial charge in [-0.3, -0.25) is 4.79 Å². The third-order valence-corrected chi connectivity index (χ3v) is 3.37. The summed E-state index contributed by atoms with van der Waals surface area (Å²) in [7, 11) is 1.50. The van der Waals surface area contributed by atoms with Gasteiger partial charge in [-0.05, 0) is 51.3 Å². The SMILES string of the molecule is COc1ccc(Cl)cc1NC(=O)C(CC(C)C)NC(=O)OC(C)(C)C. The Hall–Kier alpha value is -1.95. The largest absolute Gasteiger partial charge is 0.495 e. The minimum absolute atomic E-state index is 0.201. The number of hydrogen-bond acceptors (Lipinski definition) is 4. The van der Waals surface area contributed by atoms with Crippen molar-refractivity contribution in [3.63, 3.8) is 0 Å². The van der Waals surface area contributed by atoms with Crippen LogP contribution in [0, 0.1) is 5.92 Å². The Morgan fingerprint density at radius 1 is 1.24 bits per heavy atom. The average molecular weight is 371 g/mol. The van der Waals surface area contributed by atoms with Crippen LogP contribution >= 0.6 is 11.6 Å². The van der Waals surface area contributed by atoms with Crippen molar-refractivity contribution in [2.45, 2.75) is 52.7 Å². The number of halogens is 1. The van der Waals surface area contributed by atoms with Crippen LogP contribution in [0.2, 0.25) is 5.02 Å². The lowest BCUT2D eigenvalue weighted by molar-refractivity contribution is -0.118. The number of benzene rings is 1. The molecule has 0 saturated carbocycles. The number of nitrogens with one attached hydrogen (secondary N) is 2. The molecule has 0 aliphatic rings.